The standard InChI is InChI=1S/C21H24N4O4S/c1-3-25(4-2)30(28,29)16-9-7-8-15(14-16)22-20(26)13-12-19-23-18-11-6-5-10-17(18)21(27)24-19/h5-11,14H,3-4,12-13H2,1-2H3,(H,22,26)(H,23,24,27). The van der Waals surface area contributed by atoms with Crippen molar-refractivity contribution >= 4 is 32.5 Å². The number of anilines is 1. The van der Waals surface area contributed by atoms with Gasteiger partial charge in [-0.25, -0.2) is 13.4 Å². The van der Waals surface area contributed by atoms with E-state index < -0.39 is 10.0 Å². The molecule has 30 heavy (non-hydrogen) atoms. The highest BCUT2D eigenvalue weighted by Crippen LogP contribution is 2.19. The minimum absolute atomic E-state index is 0.0916. The van der Waals surface area contributed by atoms with E-state index >= 15 is 0 Å². The molecular formula is C21H24N4O4S. The summed E-state index contributed by atoms with van der Waals surface area (Å²) in [5.41, 5.74) is 0.726. The van der Waals surface area contributed by atoms with Gasteiger partial charge < -0.3 is 10.3 Å². The zero-order valence-corrected chi connectivity index (χ0v) is 17.7. The van der Waals surface area contributed by atoms with Crippen LogP contribution in [0.25, 0.3) is 10.9 Å². The molecule has 0 aliphatic carbocycles. The van der Waals surface area contributed by atoms with E-state index in [-0.39, 0.29) is 29.2 Å². The van der Waals surface area contributed by atoms with Crippen LogP contribution in [-0.2, 0) is 21.2 Å². The molecule has 3 aromatic rings. The Morgan fingerprint density at radius 1 is 1.10 bits per heavy atom. The number of rotatable bonds is 8. The number of benzene rings is 2. The number of nitrogens with zero attached hydrogens (tertiary/aromatic N) is 2. The third-order valence-corrected chi connectivity index (χ3v) is 6.76. The summed E-state index contributed by atoms with van der Waals surface area (Å²) in [6.07, 6.45) is 0.345. The number of carbonyl (C=O) groups excluding carboxylic acids is 1. The summed E-state index contributed by atoms with van der Waals surface area (Å²) in [4.78, 5) is 31.7. The van der Waals surface area contributed by atoms with Gasteiger partial charge in [0.15, 0.2) is 0 Å². The van der Waals surface area contributed by atoms with E-state index in [0.29, 0.717) is 35.5 Å². The van der Waals surface area contributed by atoms with Crippen LogP contribution in [0, 0.1) is 0 Å². The highest BCUT2D eigenvalue weighted by Gasteiger charge is 2.21. The largest absolute Gasteiger partial charge is 0.326 e. The van der Waals surface area contributed by atoms with Gasteiger partial charge >= 0.3 is 0 Å². The van der Waals surface area contributed by atoms with Crippen molar-refractivity contribution in [1.29, 1.82) is 0 Å². The van der Waals surface area contributed by atoms with E-state index in [4.69, 9.17) is 0 Å². The van der Waals surface area contributed by atoms with Crippen LogP contribution in [0.2, 0.25) is 0 Å². The lowest BCUT2D eigenvalue weighted by molar-refractivity contribution is -0.116. The van der Waals surface area contributed by atoms with Gasteiger partial charge in [0.25, 0.3) is 5.56 Å². The molecule has 0 unspecified atom stereocenters. The first-order valence-electron chi connectivity index (χ1n) is 9.73. The lowest BCUT2D eigenvalue weighted by atomic mass is 10.2. The van der Waals surface area contributed by atoms with E-state index in [9.17, 15) is 18.0 Å². The summed E-state index contributed by atoms with van der Waals surface area (Å²) in [7, 11) is -3.61. The summed E-state index contributed by atoms with van der Waals surface area (Å²) in [5.74, 6) is 0.120. The number of aromatic amines is 1. The van der Waals surface area contributed by atoms with Crippen LogP contribution in [0.4, 0.5) is 5.69 Å². The quantitative estimate of drug-likeness (QED) is 0.573. The van der Waals surface area contributed by atoms with Crippen LogP contribution in [0.15, 0.2) is 58.2 Å². The second-order valence-electron chi connectivity index (χ2n) is 6.70. The van der Waals surface area contributed by atoms with Gasteiger partial charge in [0.1, 0.15) is 5.82 Å². The Balaban J connectivity index is 1.69. The molecule has 1 heterocycles. The normalized spacial score (nSPS) is 11.7. The predicted octanol–water partition coefficient (Wildman–Crippen LogP) is 2.52. The van der Waals surface area contributed by atoms with Crippen LogP contribution < -0.4 is 10.9 Å². The third-order valence-electron chi connectivity index (χ3n) is 4.71. The molecule has 1 amide bonds. The lowest BCUT2D eigenvalue weighted by Gasteiger charge is -2.18. The molecule has 0 atom stereocenters. The van der Waals surface area contributed by atoms with Crippen LogP contribution >= 0.6 is 0 Å². The van der Waals surface area contributed by atoms with E-state index in [1.165, 1.54) is 16.4 Å². The Hall–Kier alpha value is -3.04. The second kappa shape index (κ2) is 9.19. The van der Waals surface area contributed by atoms with Gasteiger partial charge in [-0.2, -0.15) is 4.31 Å². The smallest absolute Gasteiger partial charge is 0.258 e. The van der Waals surface area contributed by atoms with Gasteiger partial charge in [-0.05, 0) is 30.3 Å². The molecule has 0 radical (unpaired) electrons. The van der Waals surface area contributed by atoms with E-state index in [1.54, 1.807) is 50.2 Å². The van der Waals surface area contributed by atoms with E-state index in [0.717, 1.165) is 0 Å². The number of fused-ring (bicyclic) bond motifs is 1. The van der Waals surface area contributed by atoms with Crippen molar-refractivity contribution in [3.63, 3.8) is 0 Å². The van der Waals surface area contributed by atoms with E-state index in [1.807, 2.05) is 0 Å². The molecule has 8 nitrogen and oxygen atoms in total. The van der Waals surface area contributed by atoms with Gasteiger partial charge in [0, 0.05) is 31.6 Å². The van der Waals surface area contributed by atoms with Crippen molar-refractivity contribution in [2.75, 3.05) is 18.4 Å². The number of aromatic nitrogens is 2. The van der Waals surface area contributed by atoms with Crippen LogP contribution in [0.3, 0.4) is 0 Å². The van der Waals surface area contributed by atoms with Crippen LogP contribution in [0.5, 0.6) is 0 Å². The summed E-state index contributed by atoms with van der Waals surface area (Å²) in [6.45, 7) is 4.29. The highest BCUT2D eigenvalue weighted by atomic mass is 32.2. The second-order valence-corrected chi connectivity index (χ2v) is 8.63. The first kappa shape index (κ1) is 21.7. The fraction of sp³-hybridized carbons (Fsp3) is 0.286. The molecule has 2 N–H and O–H groups in total. The number of hydrogen-bond donors (Lipinski definition) is 2. The lowest BCUT2D eigenvalue weighted by Crippen LogP contribution is -2.30. The predicted molar refractivity (Wildman–Crippen MR) is 116 cm³/mol. The average molecular weight is 429 g/mol. The first-order valence-corrected chi connectivity index (χ1v) is 11.2. The number of aryl methyl sites for hydroxylation is 1. The number of para-hydroxylation sites is 1. The first-order chi connectivity index (χ1) is 14.3. The summed E-state index contributed by atoms with van der Waals surface area (Å²) >= 11 is 0. The maximum atomic E-state index is 12.7. The fourth-order valence-corrected chi connectivity index (χ4v) is 4.66. The topological polar surface area (TPSA) is 112 Å². The molecule has 1 aromatic heterocycles. The van der Waals surface area contributed by atoms with Gasteiger partial charge in [0.2, 0.25) is 15.9 Å². The van der Waals surface area contributed by atoms with Crippen LogP contribution in [-0.4, -0.2) is 41.7 Å². The maximum Gasteiger partial charge on any atom is 0.258 e. The molecule has 0 fully saturated rings. The monoisotopic (exact) mass is 428 g/mol. The van der Waals surface area contributed by atoms with Gasteiger partial charge in [-0.1, -0.05) is 32.0 Å². The van der Waals surface area contributed by atoms with Crippen molar-refractivity contribution in [3.05, 3.63) is 64.7 Å². The zero-order valence-electron chi connectivity index (χ0n) is 16.9. The minimum atomic E-state index is -3.61. The number of carbonyl (C=O) groups is 1. The van der Waals surface area contributed by atoms with Crippen molar-refractivity contribution in [1.82, 2.24) is 14.3 Å². The summed E-state index contributed by atoms with van der Waals surface area (Å²) in [5, 5.41) is 3.21. The number of nitrogens with one attached hydrogen (secondary N) is 2. The molecule has 0 aliphatic rings. The van der Waals surface area contributed by atoms with Crippen molar-refractivity contribution < 1.29 is 13.2 Å². The summed E-state index contributed by atoms with van der Waals surface area (Å²) < 4.78 is 26.7. The molecule has 0 saturated carbocycles. The number of H-pyrrole nitrogens is 1. The van der Waals surface area contributed by atoms with Crippen molar-refractivity contribution in [2.45, 2.75) is 31.6 Å². The molecule has 0 spiro atoms. The average Bonchev–Trinajstić information content (AvgIpc) is 2.73. The maximum absolute atomic E-state index is 12.7. The zero-order chi connectivity index (χ0) is 21.7. The number of amides is 1. The molecule has 2 aromatic carbocycles. The van der Waals surface area contributed by atoms with E-state index in [2.05, 4.69) is 15.3 Å². The van der Waals surface area contributed by atoms with Gasteiger partial charge in [-0.15, -0.1) is 0 Å². The molecule has 0 saturated heterocycles. The SMILES string of the molecule is CCN(CC)S(=O)(=O)c1cccc(NC(=O)CCc2nc3ccccc3c(=O)[nH]2)c1. The molecular weight excluding hydrogens is 404 g/mol. The van der Waals surface area contributed by atoms with Gasteiger partial charge in [0.05, 0.1) is 15.8 Å². The molecule has 0 bridgehead atoms. The number of sulfonamides is 1. The molecule has 0 aliphatic heterocycles. The highest BCUT2D eigenvalue weighted by molar-refractivity contribution is 7.89. The van der Waals surface area contributed by atoms with Crippen LogP contribution in [0.1, 0.15) is 26.1 Å². The Morgan fingerprint density at radius 2 is 1.83 bits per heavy atom. The molecule has 9 heteroatoms. The Morgan fingerprint density at radius 3 is 2.57 bits per heavy atom. The van der Waals surface area contributed by atoms with Crippen molar-refractivity contribution in [3.8, 4) is 0 Å². The third kappa shape index (κ3) is 4.74. The van der Waals surface area contributed by atoms with Gasteiger partial charge in [-0.3, -0.25) is 9.59 Å². The van der Waals surface area contributed by atoms with Crippen molar-refractivity contribution in [2.24, 2.45) is 0 Å². The summed E-state index contributed by atoms with van der Waals surface area (Å²) in [6, 6.07) is 13.2. The number of hydrogen-bond acceptors (Lipinski definition) is 5. The molecule has 158 valence electrons. The fourth-order valence-electron chi connectivity index (χ4n) is 3.16. The Kier molecular flexibility index (Phi) is 6.63. The molecule has 3 rings (SSSR count). The minimum Gasteiger partial charge on any atom is -0.326 e. The Labute approximate surface area is 175 Å². The Bertz CT molecular complexity index is 1220.